The molecule has 0 aliphatic rings. The zero-order valence-electron chi connectivity index (χ0n) is 6.88. The molecule has 0 radical (unpaired) electrons. The Morgan fingerprint density at radius 3 is 2.38 bits per heavy atom. The van der Waals surface area contributed by atoms with Crippen molar-refractivity contribution >= 4 is 5.97 Å². The fourth-order valence-electron chi connectivity index (χ4n) is 0.503. The van der Waals surface area contributed by atoms with E-state index in [2.05, 4.69) is 4.74 Å². The van der Waals surface area contributed by atoms with Crippen LogP contribution >= 0.6 is 0 Å². The number of hydrogen-bond donors (Lipinski definition) is 5. The second kappa shape index (κ2) is 5.10. The molecule has 0 aromatic heterocycles. The molecule has 0 saturated carbocycles. The van der Waals surface area contributed by atoms with Gasteiger partial charge >= 0.3 is 11.9 Å². The number of esters is 1. The van der Waals surface area contributed by atoms with Gasteiger partial charge in [0.2, 0.25) is 6.23 Å². The standard InChI is InChI=1S/C6H13NO6/c7-5(6(10,11)12)13-4(9)2-1-3-8/h5,8,10-12H,1-3,7H2. The number of nitrogens with two attached hydrogens (primary N) is 1. The van der Waals surface area contributed by atoms with Crippen LogP contribution in [0.1, 0.15) is 12.8 Å². The second-order valence-corrected chi connectivity index (χ2v) is 2.42. The SMILES string of the molecule is NC(OC(=O)CCCO)C(O)(O)O. The largest absolute Gasteiger partial charge is 0.438 e. The molecule has 0 bridgehead atoms. The van der Waals surface area contributed by atoms with E-state index in [1.54, 1.807) is 0 Å². The Balaban J connectivity index is 3.79. The first kappa shape index (κ1) is 12.3. The lowest BCUT2D eigenvalue weighted by molar-refractivity contribution is -0.354. The summed E-state index contributed by atoms with van der Waals surface area (Å²) in [5.41, 5.74) is 4.87. The van der Waals surface area contributed by atoms with Crippen molar-refractivity contribution in [3.05, 3.63) is 0 Å². The highest BCUT2D eigenvalue weighted by Gasteiger charge is 2.32. The number of aliphatic hydroxyl groups is 4. The Bertz CT molecular complexity index is 165. The average Bonchev–Trinajstić information content (AvgIpc) is 1.99. The summed E-state index contributed by atoms with van der Waals surface area (Å²) in [5.74, 6) is -4.07. The predicted octanol–water partition coefficient (Wildman–Crippen LogP) is -2.78. The molecule has 1 unspecified atom stereocenters. The minimum Gasteiger partial charge on any atom is -0.438 e. The molecule has 7 heteroatoms. The molecule has 0 heterocycles. The van der Waals surface area contributed by atoms with Crippen LogP contribution in [0.15, 0.2) is 0 Å². The van der Waals surface area contributed by atoms with Gasteiger partial charge in [0, 0.05) is 13.0 Å². The van der Waals surface area contributed by atoms with Crippen molar-refractivity contribution in [3.63, 3.8) is 0 Å². The van der Waals surface area contributed by atoms with Crippen molar-refractivity contribution in [2.24, 2.45) is 5.73 Å². The number of carbonyl (C=O) groups is 1. The smallest absolute Gasteiger partial charge is 0.329 e. The average molecular weight is 195 g/mol. The minimum absolute atomic E-state index is 0.111. The van der Waals surface area contributed by atoms with Gasteiger partial charge in [-0.15, -0.1) is 0 Å². The van der Waals surface area contributed by atoms with Crippen molar-refractivity contribution in [1.82, 2.24) is 0 Å². The number of hydrogen-bond acceptors (Lipinski definition) is 7. The van der Waals surface area contributed by atoms with Gasteiger partial charge in [-0.1, -0.05) is 0 Å². The van der Waals surface area contributed by atoms with E-state index in [4.69, 9.17) is 26.2 Å². The summed E-state index contributed by atoms with van der Waals surface area (Å²) >= 11 is 0. The summed E-state index contributed by atoms with van der Waals surface area (Å²) in [6.07, 6.45) is -1.85. The topological polar surface area (TPSA) is 133 Å². The highest BCUT2D eigenvalue weighted by Crippen LogP contribution is 2.03. The Morgan fingerprint density at radius 1 is 1.46 bits per heavy atom. The first-order chi connectivity index (χ1) is 5.88. The van der Waals surface area contributed by atoms with Crippen LogP contribution in [0.5, 0.6) is 0 Å². The molecule has 0 rings (SSSR count). The third-order valence-electron chi connectivity index (χ3n) is 1.18. The van der Waals surface area contributed by atoms with Gasteiger partial charge in [0.1, 0.15) is 0 Å². The van der Waals surface area contributed by atoms with Gasteiger partial charge < -0.3 is 25.2 Å². The van der Waals surface area contributed by atoms with Crippen molar-refractivity contribution in [2.75, 3.05) is 6.61 Å². The lowest BCUT2D eigenvalue weighted by Gasteiger charge is -2.21. The second-order valence-electron chi connectivity index (χ2n) is 2.42. The van der Waals surface area contributed by atoms with Crippen LogP contribution < -0.4 is 5.73 Å². The van der Waals surface area contributed by atoms with Gasteiger partial charge in [-0.2, -0.15) is 0 Å². The first-order valence-electron chi connectivity index (χ1n) is 3.61. The fraction of sp³-hybridized carbons (Fsp3) is 0.833. The van der Waals surface area contributed by atoms with Gasteiger partial charge in [-0.05, 0) is 6.42 Å². The van der Waals surface area contributed by atoms with Crippen molar-refractivity contribution in [2.45, 2.75) is 25.0 Å². The van der Waals surface area contributed by atoms with E-state index in [-0.39, 0.29) is 19.4 Å². The monoisotopic (exact) mass is 195 g/mol. The maximum atomic E-state index is 10.7. The summed E-state index contributed by atoms with van der Waals surface area (Å²) in [4.78, 5) is 10.7. The Labute approximate surface area is 74.4 Å². The highest BCUT2D eigenvalue weighted by molar-refractivity contribution is 5.69. The molecule has 0 aromatic carbocycles. The van der Waals surface area contributed by atoms with Crippen molar-refractivity contribution in [3.8, 4) is 0 Å². The van der Waals surface area contributed by atoms with Crippen LogP contribution in [0.25, 0.3) is 0 Å². The van der Waals surface area contributed by atoms with Crippen molar-refractivity contribution in [1.29, 1.82) is 0 Å². The lowest BCUT2D eigenvalue weighted by atomic mass is 10.3. The minimum atomic E-state index is -3.24. The third kappa shape index (κ3) is 5.50. The van der Waals surface area contributed by atoms with Gasteiger partial charge in [0.05, 0.1) is 0 Å². The molecule has 0 spiro atoms. The summed E-state index contributed by atoms with van der Waals surface area (Å²) in [5, 5.41) is 33.6. The fourth-order valence-corrected chi connectivity index (χ4v) is 0.503. The molecule has 6 N–H and O–H groups in total. The van der Waals surface area contributed by atoms with Crippen LogP contribution in [0.4, 0.5) is 0 Å². The van der Waals surface area contributed by atoms with Gasteiger partial charge in [0.25, 0.3) is 0 Å². The molecular formula is C6H13NO6. The summed E-state index contributed by atoms with van der Waals surface area (Å²) in [6.45, 7) is -0.188. The molecule has 0 amide bonds. The molecule has 0 aliphatic carbocycles. The van der Waals surface area contributed by atoms with Crippen LogP contribution in [-0.2, 0) is 9.53 Å². The lowest BCUT2D eigenvalue weighted by Crippen LogP contribution is -2.50. The molecule has 1 atom stereocenters. The van der Waals surface area contributed by atoms with Gasteiger partial charge in [-0.3, -0.25) is 10.5 Å². The first-order valence-corrected chi connectivity index (χ1v) is 3.61. The maximum absolute atomic E-state index is 10.7. The van der Waals surface area contributed by atoms with E-state index in [0.717, 1.165) is 0 Å². The quantitative estimate of drug-likeness (QED) is 0.236. The number of carbonyl (C=O) groups excluding carboxylic acids is 1. The maximum Gasteiger partial charge on any atom is 0.329 e. The number of rotatable bonds is 5. The Kier molecular flexibility index (Phi) is 4.81. The van der Waals surface area contributed by atoms with E-state index in [9.17, 15) is 4.79 Å². The van der Waals surface area contributed by atoms with E-state index in [0.29, 0.717) is 0 Å². The van der Waals surface area contributed by atoms with E-state index in [1.165, 1.54) is 0 Å². The van der Waals surface area contributed by atoms with Crippen LogP contribution in [-0.4, -0.2) is 45.2 Å². The summed E-state index contributed by atoms with van der Waals surface area (Å²) < 4.78 is 4.19. The van der Waals surface area contributed by atoms with E-state index < -0.39 is 18.2 Å². The molecule has 0 aromatic rings. The molecule has 0 saturated heterocycles. The number of ether oxygens (including phenoxy) is 1. The van der Waals surface area contributed by atoms with Gasteiger partial charge in [0.15, 0.2) is 0 Å². The van der Waals surface area contributed by atoms with Crippen LogP contribution in [0, 0.1) is 0 Å². The summed E-state index contributed by atoms with van der Waals surface area (Å²) in [7, 11) is 0. The Hall–Kier alpha value is -0.730. The molecule has 7 nitrogen and oxygen atoms in total. The predicted molar refractivity (Wildman–Crippen MR) is 39.8 cm³/mol. The number of aliphatic hydroxyl groups excluding tert-OH is 1. The van der Waals surface area contributed by atoms with Crippen molar-refractivity contribution < 1.29 is 30.0 Å². The van der Waals surface area contributed by atoms with Crippen LogP contribution in [0.3, 0.4) is 0 Å². The molecule has 78 valence electrons. The third-order valence-corrected chi connectivity index (χ3v) is 1.18. The molecule has 0 aliphatic heterocycles. The molecule has 0 fully saturated rings. The summed E-state index contributed by atoms with van der Waals surface area (Å²) in [6, 6.07) is 0. The normalized spacial score (nSPS) is 13.9. The molecule has 13 heavy (non-hydrogen) atoms. The van der Waals surface area contributed by atoms with Gasteiger partial charge in [-0.25, -0.2) is 0 Å². The zero-order chi connectivity index (χ0) is 10.5. The molecular weight excluding hydrogens is 182 g/mol. The van der Waals surface area contributed by atoms with E-state index >= 15 is 0 Å². The zero-order valence-corrected chi connectivity index (χ0v) is 6.88. The van der Waals surface area contributed by atoms with Crippen LogP contribution in [0.2, 0.25) is 0 Å². The Morgan fingerprint density at radius 2 is 2.00 bits per heavy atom. The highest BCUT2D eigenvalue weighted by atomic mass is 16.7. The van der Waals surface area contributed by atoms with E-state index in [1.807, 2.05) is 0 Å².